The number of benzene rings is 2. The van der Waals surface area contributed by atoms with Crippen molar-refractivity contribution in [3.8, 4) is 11.8 Å². The Kier molecular flexibility index (Phi) is 10.4. The van der Waals surface area contributed by atoms with Gasteiger partial charge in [0.2, 0.25) is 11.8 Å². The number of amides is 5. The number of hydrogen-bond acceptors (Lipinski definition) is 11. The van der Waals surface area contributed by atoms with Gasteiger partial charge in [-0.3, -0.25) is 38.7 Å². The van der Waals surface area contributed by atoms with Crippen LogP contribution in [0.1, 0.15) is 90.0 Å². The normalized spacial score (nSPS) is 24.5. The number of nitriles is 1. The number of nitrogens with zero attached hydrogens (tertiary/aromatic N) is 7. The molecule has 1 unspecified atom stereocenters. The van der Waals surface area contributed by atoms with Crippen LogP contribution < -0.4 is 20.3 Å². The summed E-state index contributed by atoms with van der Waals surface area (Å²) in [6.07, 6.45) is 3.28. The van der Waals surface area contributed by atoms with E-state index in [0.29, 0.717) is 22.8 Å². The molecule has 4 fully saturated rings. The number of fused-ring (bicyclic) bond motifs is 1. The summed E-state index contributed by atoms with van der Waals surface area (Å²) in [6.45, 7) is 13.8. The fraction of sp³-hybridized carbons (Fsp3) is 0.477. The first-order chi connectivity index (χ1) is 28.1. The summed E-state index contributed by atoms with van der Waals surface area (Å²) in [5.74, 6) is -0.528. The Bertz CT molecular complexity index is 2240. The van der Waals surface area contributed by atoms with E-state index in [0.717, 1.165) is 75.1 Å². The molecule has 1 aromatic heterocycles. The monoisotopic (exact) mass is 820 g/mol. The van der Waals surface area contributed by atoms with Gasteiger partial charge in [0, 0.05) is 81.0 Å². The van der Waals surface area contributed by atoms with E-state index in [4.69, 9.17) is 22.1 Å². The lowest BCUT2D eigenvalue weighted by atomic mass is 9.48. The molecule has 8 rings (SSSR count). The van der Waals surface area contributed by atoms with Crippen molar-refractivity contribution in [3.05, 3.63) is 82.0 Å². The molecule has 5 heterocycles. The largest absolute Gasteiger partial charge is 0.489 e. The highest BCUT2D eigenvalue weighted by Crippen LogP contribution is 2.58. The molecule has 5 aliphatic rings. The van der Waals surface area contributed by atoms with Crippen LogP contribution in [0.3, 0.4) is 0 Å². The van der Waals surface area contributed by atoms with Crippen molar-refractivity contribution in [2.45, 2.75) is 71.6 Å². The van der Waals surface area contributed by atoms with Crippen molar-refractivity contribution in [1.82, 2.24) is 19.7 Å². The van der Waals surface area contributed by atoms with Crippen molar-refractivity contribution in [2.24, 2.45) is 22.5 Å². The van der Waals surface area contributed by atoms with Gasteiger partial charge >= 0.3 is 0 Å². The third-order valence-electron chi connectivity index (χ3n) is 13.2. The molecule has 5 amide bonds. The van der Waals surface area contributed by atoms with Crippen molar-refractivity contribution >= 4 is 52.6 Å². The molecule has 2 N–H and O–H groups in total. The van der Waals surface area contributed by atoms with Crippen molar-refractivity contribution in [3.63, 3.8) is 0 Å². The number of hydrogen-bond donors (Lipinski definition) is 1. The summed E-state index contributed by atoms with van der Waals surface area (Å²) in [7, 11) is 0. The number of imide groups is 2. The smallest absolute Gasteiger partial charge is 0.262 e. The van der Waals surface area contributed by atoms with Gasteiger partial charge in [0.05, 0.1) is 33.3 Å². The van der Waals surface area contributed by atoms with E-state index in [1.165, 1.54) is 11.1 Å². The molecular formula is C44H49ClN8O6. The minimum Gasteiger partial charge on any atom is -0.489 e. The van der Waals surface area contributed by atoms with Crippen LogP contribution in [0.15, 0.2) is 54.7 Å². The van der Waals surface area contributed by atoms with E-state index < -0.39 is 52.6 Å². The molecule has 0 spiro atoms. The summed E-state index contributed by atoms with van der Waals surface area (Å²) >= 11 is 6.28. The first-order valence-electron chi connectivity index (χ1n) is 20.3. The lowest BCUT2D eigenvalue weighted by Crippen LogP contribution is -2.77. The second-order valence-corrected chi connectivity index (χ2v) is 18.1. The van der Waals surface area contributed by atoms with Gasteiger partial charge in [-0.1, -0.05) is 39.3 Å². The van der Waals surface area contributed by atoms with Crippen molar-refractivity contribution in [2.75, 3.05) is 55.6 Å². The van der Waals surface area contributed by atoms with Crippen LogP contribution in [0.2, 0.25) is 5.02 Å². The third kappa shape index (κ3) is 7.08. The summed E-state index contributed by atoms with van der Waals surface area (Å²) in [5, 5.41) is 9.55. The molecule has 59 heavy (non-hydrogen) atoms. The van der Waals surface area contributed by atoms with Crippen LogP contribution >= 0.6 is 11.6 Å². The Morgan fingerprint density at radius 3 is 2.19 bits per heavy atom. The van der Waals surface area contributed by atoms with Gasteiger partial charge in [-0.25, -0.2) is 4.98 Å². The first-order valence-corrected chi connectivity index (χ1v) is 20.7. The zero-order chi connectivity index (χ0) is 42.0. The number of ether oxygens (including phenoxy) is 1. The first kappa shape index (κ1) is 40.3. The maximum atomic E-state index is 14.4. The van der Waals surface area contributed by atoms with Crippen LogP contribution in [-0.2, 0) is 9.59 Å². The number of nitrogens with two attached hydrogens (primary N) is 1. The average molecular weight is 821 g/mol. The van der Waals surface area contributed by atoms with E-state index in [2.05, 4.69) is 19.7 Å². The molecule has 0 radical (unpaired) electrons. The lowest BCUT2D eigenvalue weighted by Gasteiger charge is -2.65. The topological polar surface area (TPSA) is 173 Å². The Balaban J connectivity index is 0.886. The maximum Gasteiger partial charge on any atom is 0.262 e. The minimum absolute atomic E-state index is 0.0152. The number of carbonyl (C=O) groups excluding carboxylic acids is 5. The van der Waals surface area contributed by atoms with Crippen LogP contribution in [-0.4, -0.2) is 113 Å². The van der Waals surface area contributed by atoms with E-state index >= 15 is 0 Å². The molecule has 0 bridgehead atoms. The van der Waals surface area contributed by atoms with Gasteiger partial charge in [-0.05, 0) is 67.6 Å². The predicted molar refractivity (Wildman–Crippen MR) is 220 cm³/mol. The number of piperidine rings is 2. The fourth-order valence-corrected chi connectivity index (χ4v) is 10.7. The zero-order valence-electron chi connectivity index (χ0n) is 33.8. The van der Waals surface area contributed by atoms with Gasteiger partial charge in [-0.2, -0.15) is 5.26 Å². The molecule has 15 heteroatoms. The standard InChI is InChI=1S/C44H49ClN8O6/c1-43(2)41(44(3,4)42(43)59-30-8-5-27(23-46)33(45)22-30)53-36(54)12-10-34(40(53)58)52-38(56)31-9-7-29(21-32(31)39(52)57)50-19-17-49(18-20-50)25-26-13-15-51(16-14-26)35-11-6-28(24-48-35)37(47)55/h5-9,11,21-22,24,26,34,41-42H,10,12-20,25H2,1-4H3,(H2,47,55). The summed E-state index contributed by atoms with van der Waals surface area (Å²) in [5.41, 5.74) is 6.08. The van der Waals surface area contributed by atoms with Crippen molar-refractivity contribution in [1.29, 1.82) is 5.26 Å². The second-order valence-electron chi connectivity index (χ2n) is 17.7. The van der Waals surface area contributed by atoms with Crippen LogP contribution in [0.25, 0.3) is 0 Å². The molecular weight excluding hydrogens is 772 g/mol. The van der Waals surface area contributed by atoms with E-state index in [9.17, 15) is 29.2 Å². The Morgan fingerprint density at radius 1 is 0.864 bits per heavy atom. The van der Waals surface area contributed by atoms with E-state index in [1.54, 1.807) is 36.4 Å². The Hall–Kier alpha value is -5.52. The van der Waals surface area contributed by atoms with Gasteiger partial charge in [-0.15, -0.1) is 0 Å². The summed E-state index contributed by atoms with van der Waals surface area (Å²) in [6, 6.07) is 14.1. The highest BCUT2D eigenvalue weighted by molar-refractivity contribution is 6.31. The van der Waals surface area contributed by atoms with Gasteiger partial charge in [0.1, 0.15) is 29.8 Å². The number of carbonyl (C=O) groups is 5. The number of rotatable bonds is 9. The third-order valence-corrected chi connectivity index (χ3v) is 13.5. The van der Waals surface area contributed by atoms with Gasteiger partial charge < -0.3 is 20.3 Å². The number of aromatic nitrogens is 1. The number of halogens is 1. The number of primary amides is 1. The Morgan fingerprint density at radius 2 is 1.56 bits per heavy atom. The molecule has 4 aliphatic heterocycles. The molecule has 1 saturated carbocycles. The summed E-state index contributed by atoms with van der Waals surface area (Å²) < 4.78 is 6.40. The molecule has 308 valence electrons. The number of anilines is 2. The average Bonchev–Trinajstić information content (AvgIpc) is 3.46. The molecule has 2 aromatic carbocycles. The SMILES string of the molecule is CC1(C)C(Oc2ccc(C#N)c(Cl)c2)C(C)(C)C1N1C(=O)CCC(N2C(=O)c3ccc(N4CCN(CC5CCN(c6ccc(C(N)=O)cn6)CC5)CC4)cc3C2=O)C1=O. The number of likely N-dealkylation sites (tertiary alicyclic amines) is 1. The number of pyridine rings is 1. The molecule has 1 aliphatic carbocycles. The highest BCUT2D eigenvalue weighted by atomic mass is 35.5. The fourth-order valence-electron chi connectivity index (χ4n) is 10.5. The van der Waals surface area contributed by atoms with Crippen LogP contribution in [0.5, 0.6) is 5.75 Å². The van der Waals surface area contributed by atoms with Gasteiger partial charge in [0.15, 0.2) is 0 Å². The maximum absolute atomic E-state index is 14.4. The predicted octanol–water partition coefficient (Wildman–Crippen LogP) is 4.74. The lowest BCUT2D eigenvalue weighted by molar-refractivity contribution is -0.216. The quantitative estimate of drug-likeness (QED) is 0.296. The van der Waals surface area contributed by atoms with Crippen LogP contribution in [0, 0.1) is 28.1 Å². The summed E-state index contributed by atoms with van der Waals surface area (Å²) in [4.78, 5) is 81.1. The molecule has 1 atom stereocenters. The second kappa shape index (κ2) is 15.3. The van der Waals surface area contributed by atoms with Crippen molar-refractivity contribution < 1.29 is 28.7 Å². The van der Waals surface area contributed by atoms with Crippen LogP contribution in [0.4, 0.5) is 11.5 Å². The molecule has 3 saturated heterocycles. The van der Waals surface area contributed by atoms with Gasteiger partial charge in [0.25, 0.3) is 17.7 Å². The van der Waals surface area contributed by atoms with E-state index in [-0.39, 0.29) is 34.9 Å². The highest BCUT2D eigenvalue weighted by Gasteiger charge is 2.68. The Labute approximate surface area is 348 Å². The zero-order valence-corrected chi connectivity index (χ0v) is 34.6. The number of piperazine rings is 1. The molecule has 14 nitrogen and oxygen atoms in total. The minimum atomic E-state index is -1.11. The van der Waals surface area contributed by atoms with E-state index in [1.807, 2.05) is 45.9 Å². The molecule has 3 aromatic rings.